The van der Waals surface area contributed by atoms with Crippen LogP contribution in [0.5, 0.6) is 0 Å². The van der Waals surface area contributed by atoms with E-state index in [1.165, 1.54) is 25.5 Å². The lowest BCUT2D eigenvalue weighted by atomic mass is 10.0. The van der Waals surface area contributed by atoms with Gasteiger partial charge in [-0.3, -0.25) is 0 Å². The highest BCUT2D eigenvalue weighted by molar-refractivity contribution is 5.77. The third-order valence-electron chi connectivity index (χ3n) is 3.47. The molecule has 1 aliphatic carbocycles. The van der Waals surface area contributed by atoms with Gasteiger partial charge >= 0.3 is 5.97 Å². The van der Waals surface area contributed by atoms with Crippen molar-refractivity contribution in [1.29, 1.82) is 0 Å². The van der Waals surface area contributed by atoms with Crippen LogP contribution in [0.25, 0.3) is 0 Å². The SMILES string of the molecule is CCc1ccc(C(NCC2CC2)C(=O)OC)cc1. The van der Waals surface area contributed by atoms with Gasteiger partial charge in [0.25, 0.3) is 0 Å². The van der Waals surface area contributed by atoms with Gasteiger partial charge in [-0.15, -0.1) is 0 Å². The highest BCUT2D eigenvalue weighted by Gasteiger charge is 2.26. The summed E-state index contributed by atoms with van der Waals surface area (Å²) in [6.45, 7) is 3.02. The molecule has 0 spiro atoms. The molecule has 3 heteroatoms. The van der Waals surface area contributed by atoms with Crippen LogP contribution >= 0.6 is 0 Å². The molecule has 1 aromatic carbocycles. The van der Waals surface area contributed by atoms with E-state index in [9.17, 15) is 4.79 Å². The Labute approximate surface area is 109 Å². The molecule has 1 fully saturated rings. The number of hydrogen-bond donors (Lipinski definition) is 1. The van der Waals surface area contributed by atoms with E-state index in [1.807, 2.05) is 12.1 Å². The number of hydrogen-bond acceptors (Lipinski definition) is 3. The summed E-state index contributed by atoms with van der Waals surface area (Å²) in [6, 6.07) is 7.84. The minimum atomic E-state index is -0.332. The van der Waals surface area contributed by atoms with E-state index in [1.54, 1.807) is 0 Å². The van der Waals surface area contributed by atoms with Crippen LogP contribution in [0.2, 0.25) is 0 Å². The van der Waals surface area contributed by atoms with E-state index in [4.69, 9.17) is 4.74 Å². The maximum absolute atomic E-state index is 11.8. The van der Waals surface area contributed by atoms with E-state index < -0.39 is 0 Å². The fourth-order valence-corrected chi connectivity index (χ4v) is 2.01. The van der Waals surface area contributed by atoms with Crippen LogP contribution in [0.4, 0.5) is 0 Å². The predicted molar refractivity (Wildman–Crippen MR) is 71.3 cm³/mol. The standard InChI is InChI=1S/C15H21NO2/c1-3-11-6-8-13(9-7-11)14(15(17)18-2)16-10-12-4-5-12/h6-9,12,14,16H,3-5,10H2,1-2H3. The molecule has 0 heterocycles. The topological polar surface area (TPSA) is 38.3 Å². The quantitative estimate of drug-likeness (QED) is 0.785. The van der Waals surface area contributed by atoms with Crippen molar-refractivity contribution in [3.05, 3.63) is 35.4 Å². The van der Waals surface area contributed by atoms with Crippen LogP contribution in [0.15, 0.2) is 24.3 Å². The van der Waals surface area contributed by atoms with E-state index in [0.29, 0.717) is 0 Å². The molecule has 3 nitrogen and oxygen atoms in total. The molecule has 1 N–H and O–H groups in total. The summed E-state index contributed by atoms with van der Waals surface area (Å²) in [5, 5.41) is 3.31. The van der Waals surface area contributed by atoms with Crippen molar-refractivity contribution in [2.45, 2.75) is 32.2 Å². The van der Waals surface area contributed by atoms with Gasteiger partial charge < -0.3 is 10.1 Å². The number of methoxy groups -OCH3 is 1. The zero-order chi connectivity index (χ0) is 13.0. The normalized spacial score (nSPS) is 16.3. The maximum Gasteiger partial charge on any atom is 0.327 e. The molecule has 1 unspecified atom stereocenters. The lowest BCUT2D eigenvalue weighted by Crippen LogP contribution is -2.31. The third kappa shape index (κ3) is 3.33. The number of esters is 1. The zero-order valence-electron chi connectivity index (χ0n) is 11.1. The molecular formula is C15H21NO2. The summed E-state index contributed by atoms with van der Waals surface area (Å²) >= 11 is 0. The molecule has 1 atom stereocenters. The number of nitrogens with one attached hydrogen (secondary N) is 1. The molecule has 18 heavy (non-hydrogen) atoms. The van der Waals surface area contributed by atoms with E-state index >= 15 is 0 Å². The smallest absolute Gasteiger partial charge is 0.327 e. The fraction of sp³-hybridized carbons (Fsp3) is 0.533. The third-order valence-corrected chi connectivity index (χ3v) is 3.47. The van der Waals surface area contributed by atoms with Crippen molar-refractivity contribution < 1.29 is 9.53 Å². The lowest BCUT2D eigenvalue weighted by molar-refractivity contribution is -0.143. The molecule has 98 valence electrons. The molecule has 0 amide bonds. The maximum atomic E-state index is 11.8. The van der Waals surface area contributed by atoms with Crippen LogP contribution < -0.4 is 5.32 Å². The predicted octanol–water partition coefficient (Wildman–Crippen LogP) is 2.46. The Morgan fingerprint density at radius 1 is 1.39 bits per heavy atom. The van der Waals surface area contributed by atoms with E-state index in [-0.39, 0.29) is 12.0 Å². The Morgan fingerprint density at radius 3 is 2.56 bits per heavy atom. The number of carbonyl (C=O) groups is 1. The van der Waals surface area contributed by atoms with Crippen molar-refractivity contribution in [2.75, 3.05) is 13.7 Å². The molecule has 0 aromatic heterocycles. The average Bonchev–Trinajstić information content (AvgIpc) is 3.23. The summed E-state index contributed by atoms with van der Waals surface area (Å²) in [5.41, 5.74) is 2.27. The Balaban J connectivity index is 2.06. The van der Waals surface area contributed by atoms with Gasteiger partial charge in [-0.25, -0.2) is 4.79 Å². The van der Waals surface area contributed by atoms with Gasteiger partial charge in [0.2, 0.25) is 0 Å². The molecule has 1 aromatic rings. The number of benzene rings is 1. The summed E-state index contributed by atoms with van der Waals surface area (Å²) in [6.07, 6.45) is 3.56. The highest BCUT2D eigenvalue weighted by atomic mass is 16.5. The zero-order valence-corrected chi connectivity index (χ0v) is 11.1. The van der Waals surface area contributed by atoms with Gasteiger partial charge in [0, 0.05) is 0 Å². The summed E-state index contributed by atoms with van der Waals surface area (Å²) in [5.74, 6) is 0.534. The lowest BCUT2D eigenvalue weighted by Gasteiger charge is -2.17. The second-order valence-corrected chi connectivity index (χ2v) is 4.90. The van der Waals surface area contributed by atoms with E-state index in [0.717, 1.165) is 24.4 Å². The van der Waals surface area contributed by atoms with Crippen LogP contribution in [0, 0.1) is 5.92 Å². The Morgan fingerprint density at radius 2 is 2.06 bits per heavy atom. The summed E-state index contributed by atoms with van der Waals surface area (Å²) in [7, 11) is 1.44. The van der Waals surface area contributed by atoms with Gasteiger partial charge in [0.15, 0.2) is 0 Å². The first-order chi connectivity index (χ1) is 8.74. The Bertz CT molecular complexity index is 395. The highest BCUT2D eigenvalue weighted by Crippen LogP contribution is 2.28. The summed E-state index contributed by atoms with van der Waals surface area (Å²) in [4.78, 5) is 11.8. The number of ether oxygens (including phenoxy) is 1. The van der Waals surface area contributed by atoms with Crippen LogP contribution in [-0.4, -0.2) is 19.6 Å². The average molecular weight is 247 g/mol. The van der Waals surface area contributed by atoms with Gasteiger partial charge in [-0.05, 0) is 42.9 Å². The molecule has 1 saturated carbocycles. The molecule has 1 aliphatic rings. The molecule has 0 radical (unpaired) electrons. The van der Waals surface area contributed by atoms with Crippen LogP contribution in [-0.2, 0) is 16.0 Å². The van der Waals surface area contributed by atoms with Gasteiger partial charge in [0.05, 0.1) is 7.11 Å². The van der Waals surface area contributed by atoms with Crippen molar-refractivity contribution in [3.8, 4) is 0 Å². The Kier molecular flexibility index (Phi) is 4.37. The summed E-state index contributed by atoms with van der Waals surface area (Å²) < 4.78 is 4.87. The second-order valence-electron chi connectivity index (χ2n) is 4.90. The monoisotopic (exact) mass is 247 g/mol. The fourth-order valence-electron chi connectivity index (χ4n) is 2.01. The minimum absolute atomic E-state index is 0.208. The molecule has 0 aliphatic heterocycles. The number of rotatable bonds is 6. The minimum Gasteiger partial charge on any atom is -0.468 e. The van der Waals surface area contributed by atoms with Gasteiger partial charge in [0.1, 0.15) is 6.04 Å². The molecule has 0 saturated heterocycles. The molecular weight excluding hydrogens is 226 g/mol. The van der Waals surface area contributed by atoms with Crippen LogP contribution in [0.1, 0.15) is 36.9 Å². The first-order valence-corrected chi connectivity index (χ1v) is 6.64. The van der Waals surface area contributed by atoms with Crippen molar-refractivity contribution in [2.24, 2.45) is 5.92 Å². The van der Waals surface area contributed by atoms with Crippen LogP contribution in [0.3, 0.4) is 0 Å². The number of aryl methyl sites for hydroxylation is 1. The van der Waals surface area contributed by atoms with Gasteiger partial charge in [-0.1, -0.05) is 31.2 Å². The first-order valence-electron chi connectivity index (χ1n) is 6.64. The van der Waals surface area contributed by atoms with Crippen molar-refractivity contribution in [3.63, 3.8) is 0 Å². The first kappa shape index (κ1) is 13.1. The van der Waals surface area contributed by atoms with Crippen molar-refractivity contribution >= 4 is 5.97 Å². The molecule has 0 bridgehead atoms. The van der Waals surface area contributed by atoms with Crippen molar-refractivity contribution in [1.82, 2.24) is 5.32 Å². The van der Waals surface area contributed by atoms with E-state index in [2.05, 4.69) is 24.4 Å². The number of carbonyl (C=O) groups excluding carboxylic acids is 1. The molecule has 2 rings (SSSR count). The largest absolute Gasteiger partial charge is 0.468 e. The van der Waals surface area contributed by atoms with Gasteiger partial charge in [-0.2, -0.15) is 0 Å². The second kappa shape index (κ2) is 6.01. The Hall–Kier alpha value is -1.35.